The molecule has 1 saturated heterocycles. The van der Waals surface area contributed by atoms with E-state index in [2.05, 4.69) is 10.3 Å². The van der Waals surface area contributed by atoms with Crippen LogP contribution in [0.25, 0.3) is 0 Å². The second-order valence-electron chi connectivity index (χ2n) is 4.76. The summed E-state index contributed by atoms with van der Waals surface area (Å²) in [5, 5.41) is 11.9. The molecule has 0 aromatic carbocycles. The molecule has 2 rings (SSSR count). The summed E-state index contributed by atoms with van der Waals surface area (Å²) in [7, 11) is 0. The van der Waals surface area contributed by atoms with E-state index in [0.29, 0.717) is 26.3 Å². The lowest BCUT2D eigenvalue weighted by Gasteiger charge is -2.35. The van der Waals surface area contributed by atoms with Crippen LogP contribution in [0.2, 0.25) is 0 Å². The van der Waals surface area contributed by atoms with E-state index in [1.165, 1.54) is 0 Å². The van der Waals surface area contributed by atoms with E-state index in [9.17, 15) is 4.79 Å². The third-order valence-electron chi connectivity index (χ3n) is 3.27. The molecule has 1 amide bonds. The van der Waals surface area contributed by atoms with E-state index < -0.39 is 0 Å². The van der Waals surface area contributed by atoms with Gasteiger partial charge in [-0.3, -0.25) is 4.79 Å². The lowest BCUT2D eigenvalue weighted by molar-refractivity contribution is -0.124. The summed E-state index contributed by atoms with van der Waals surface area (Å²) in [6, 6.07) is 3.30. The number of morpholine rings is 1. The van der Waals surface area contributed by atoms with Crippen molar-refractivity contribution in [2.75, 3.05) is 31.2 Å². The minimum absolute atomic E-state index is 0.0282. The van der Waals surface area contributed by atoms with E-state index in [0.717, 1.165) is 17.8 Å². The summed E-state index contributed by atoms with van der Waals surface area (Å²) < 4.78 is 5.41. The second-order valence-corrected chi connectivity index (χ2v) is 4.76. The SMILES string of the molecule is CCCNC(=O)C1COCCN1c1ccc(CO)cn1. The van der Waals surface area contributed by atoms with Crippen LogP contribution >= 0.6 is 0 Å². The van der Waals surface area contributed by atoms with Crippen LogP contribution in [0, 0.1) is 0 Å². The van der Waals surface area contributed by atoms with Crippen LogP contribution in [-0.2, 0) is 16.1 Å². The highest BCUT2D eigenvalue weighted by atomic mass is 16.5. The van der Waals surface area contributed by atoms with Gasteiger partial charge in [-0.05, 0) is 18.1 Å². The predicted octanol–water partition coefficient (Wildman–Crippen LogP) is 0.305. The Hall–Kier alpha value is -1.66. The lowest BCUT2D eigenvalue weighted by atomic mass is 10.2. The number of rotatable bonds is 5. The molecule has 0 bridgehead atoms. The standard InChI is InChI=1S/C14H21N3O3/c1-2-5-15-14(19)12-10-20-7-6-17(12)13-4-3-11(9-18)8-16-13/h3-4,8,12,18H,2,5-7,9-10H2,1H3,(H,15,19). The van der Waals surface area contributed by atoms with Gasteiger partial charge in [-0.1, -0.05) is 13.0 Å². The molecule has 0 spiro atoms. The van der Waals surface area contributed by atoms with Gasteiger partial charge in [-0.25, -0.2) is 4.98 Å². The summed E-state index contributed by atoms with van der Waals surface area (Å²) in [6.45, 7) is 4.25. The summed E-state index contributed by atoms with van der Waals surface area (Å²) in [5.41, 5.74) is 0.758. The molecule has 2 N–H and O–H groups in total. The number of amides is 1. The molecule has 1 aliphatic rings. The number of nitrogens with zero attached hydrogens (tertiary/aromatic N) is 2. The molecular weight excluding hydrogens is 258 g/mol. The number of anilines is 1. The van der Waals surface area contributed by atoms with Gasteiger partial charge in [0.1, 0.15) is 11.9 Å². The fraction of sp³-hybridized carbons (Fsp3) is 0.571. The van der Waals surface area contributed by atoms with E-state index >= 15 is 0 Å². The van der Waals surface area contributed by atoms with Crippen molar-refractivity contribution in [1.82, 2.24) is 10.3 Å². The molecule has 1 aliphatic heterocycles. The van der Waals surface area contributed by atoms with Crippen molar-refractivity contribution in [3.63, 3.8) is 0 Å². The number of aromatic nitrogens is 1. The average Bonchev–Trinajstić information content (AvgIpc) is 2.52. The first kappa shape index (κ1) is 14.7. The molecule has 110 valence electrons. The summed E-state index contributed by atoms with van der Waals surface area (Å²) in [5.74, 6) is 0.710. The van der Waals surface area contributed by atoms with Crippen LogP contribution in [0.4, 0.5) is 5.82 Å². The van der Waals surface area contributed by atoms with E-state index in [-0.39, 0.29) is 18.6 Å². The number of aliphatic hydroxyl groups excluding tert-OH is 1. The number of ether oxygens (including phenoxy) is 1. The van der Waals surface area contributed by atoms with E-state index in [1.807, 2.05) is 24.0 Å². The number of pyridine rings is 1. The molecule has 1 atom stereocenters. The van der Waals surface area contributed by atoms with Crippen molar-refractivity contribution in [3.8, 4) is 0 Å². The van der Waals surface area contributed by atoms with Crippen molar-refractivity contribution in [3.05, 3.63) is 23.9 Å². The Labute approximate surface area is 118 Å². The monoisotopic (exact) mass is 279 g/mol. The van der Waals surface area contributed by atoms with Crippen molar-refractivity contribution in [2.45, 2.75) is 26.0 Å². The Balaban J connectivity index is 2.10. The molecule has 1 unspecified atom stereocenters. The quantitative estimate of drug-likeness (QED) is 0.811. The first-order valence-electron chi connectivity index (χ1n) is 6.94. The molecule has 2 heterocycles. The Morgan fingerprint density at radius 2 is 2.45 bits per heavy atom. The van der Waals surface area contributed by atoms with Crippen molar-refractivity contribution in [2.24, 2.45) is 0 Å². The molecule has 1 aromatic heterocycles. The van der Waals surface area contributed by atoms with Gasteiger partial charge in [0.25, 0.3) is 0 Å². The maximum Gasteiger partial charge on any atom is 0.245 e. The summed E-state index contributed by atoms with van der Waals surface area (Å²) >= 11 is 0. The van der Waals surface area contributed by atoms with Crippen LogP contribution in [0.1, 0.15) is 18.9 Å². The Morgan fingerprint density at radius 3 is 3.10 bits per heavy atom. The molecule has 0 saturated carbocycles. The van der Waals surface area contributed by atoms with Gasteiger partial charge >= 0.3 is 0 Å². The van der Waals surface area contributed by atoms with Crippen molar-refractivity contribution in [1.29, 1.82) is 0 Å². The molecule has 1 fully saturated rings. The molecule has 20 heavy (non-hydrogen) atoms. The Morgan fingerprint density at radius 1 is 1.60 bits per heavy atom. The number of hydrogen-bond donors (Lipinski definition) is 2. The number of hydrogen-bond acceptors (Lipinski definition) is 5. The first-order valence-corrected chi connectivity index (χ1v) is 6.94. The van der Waals surface area contributed by atoms with Gasteiger partial charge in [-0.15, -0.1) is 0 Å². The minimum atomic E-state index is -0.345. The maximum atomic E-state index is 12.2. The van der Waals surface area contributed by atoms with Crippen LogP contribution in [0.3, 0.4) is 0 Å². The largest absolute Gasteiger partial charge is 0.392 e. The topological polar surface area (TPSA) is 74.7 Å². The zero-order valence-corrected chi connectivity index (χ0v) is 11.7. The van der Waals surface area contributed by atoms with Gasteiger partial charge < -0.3 is 20.1 Å². The fourth-order valence-corrected chi connectivity index (χ4v) is 2.14. The maximum absolute atomic E-state index is 12.2. The number of carbonyl (C=O) groups excluding carboxylic acids is 1. The number of aliphatic hydroxyl groups is 1. The molecule has 6 heteroatoms. The zero-order chi connectivity index (χ0) is 14.4. The van der Waals surface area contributed by atoms with Gasteiger partial charge in [0.2, 0.25) is 5.91 Å². The first-order chi connectivity index (χ1) is 9.76. The van der Waals surface area contributed by atoms with E-state index in [4.69, 9.17) is 9.84 Å². The van der Waals surface area contributed by atoms with Gasteiger partial charge in [-0.2, -0.15) is 0 Å². The fourth-order valence-electron chi connectivity index (χ4n) is 2.14. The molecular formula is C14H21N3O3. The minimum Gasteiger partial charge on any atom is -0.392 e. The van der Waals surface area contributed by atoms with Gasteiger partial charge in [0.05, 0.1) is 19.8 Å². The highest BCUT2D eigenvalue weighted by Gasteiger charge is 2.30. The summed E-state index contributed by atoms with van der Waals surface area (Å²) in [4.78, 5) is 18.4. The van der Waals surface area contributed by atoms with Crippen molar-refractivity contribution >= 4 is 11.7 Å². The number of nitrogens with one attached hydrogen (secondary N) is 1. The number of carbonyl (C=O) groups is 1. The van der Waals surface area contributed by atoms with Crippen LogP contribution < -0.4 is 10.2 Å². The Bertz CT molecular complexity index is 436. The van der Waals surface area contributed by atoms with E-state index in [1.54, 1.807) is 6.20 Å². The summed E-state index contributed by atoms with van der Waals surface area (Å²) in [6.07, 6.45) is 2.54. The van der Waals surface area contributed by atoms with Crippen LogP contribution in [0.15, 0.2) is 18.3 Å². The Kier molecular flexibility index (Phi) is 5.31. The van der Waals surface area contributed by atoms with Crippen molar-refractivity contribution < 1.29 is 14.6 Å². The molecule has 6 nitrogen and oxygen atoms in total. The van der Waals surface area contributed by atoms with Gasteiger partial charge in [0, 0.05) is 19.3 Å². The van der Waals surface area contributed by atoms with Crippen LogP contribution in [0.5, 0.6) is 0 Å². The molecule has 0 aliphatic carbocycles. The third kappa shape index (κ3) is 3.46. The van der Waals surface area contributed by atoms with Gasteiger partial charge in [0.15, 0.2) is 0 Å². The third-order valence-corrected chi connectivity index (χ3v) is 3.27. The zero-order valence-electron chi connectivity index (χ0n) is 11.7. The highest BCUT2D eigenvalue weighted by molar-refractivity contribution is 5.85. The highest BCUT2D eigenvalue weighted by Crippen LogP contribution is 2.17. The smallest absolute Gasteiger partial charge is 0.245 e. The molecule has 0 radical (unpaired) electrons. The normalized spacial score (nSPS) is 18.9. The average molecular weight is 279 g/mol. The second kappa shape index (κ2) is 7.21. The lowest BCUT2D eigenvalue weighted by Crippen LogP contribution is -2.54. The molecule has 1 aromatic rings. The van der Waals surface area contributed by atoms with Crippen LogP contribution in [-0.4, -0.2) is 48.3 Å². The predicted molar refractivity (Wildman–Crippen MR) is 75.4 cm³/mol.